The molecule has 3 heterocycles. The van der Waals surface area contributed by atoms with Gasteiger partial charge in [-0.2, -0.15) is 4.31 Å². The molecular formula is C27H28ClFN6O3S2. The number of benzene rings is 2. The second kappa shape index (κ2) is 12.1. The van der Waals surface area contributed by atoms with Crippen LogP contribution in [0.3, 0.4) is 0 Å². The first-order valence-electron chi connectivity index (χ1n) is 12.5. The molecule has 0 spiro atoms. The molecule has 2 aromatic heterocycles. The van der Waals surface area contributed by atoms with Crippen LogP contribution in [0.25, 0.3) is 21.9 Å². The minimum absolute atomic E-state index is 0.189. The first-order valence-corrected chi connectivity index (χ1v) is 15.2. The molecule has 0 saturated carbocycles. The van der Waals surface area contributed by atoms with Crippen LogP contribution in [-0.4, -0.2) is 61.0 Å². The molecule has 1 atom stereocenters. The van der Waals surface area contributed by atoms with Crippen molar-refractivity contribution in [3.05, 3.63) is 76.9 Å². The van der Waals surface area contributed by atoms with Crippen LogP contribution in [0.5, 0.6) is 5.75 Å². The zero-order valence-electron chi connectivity index (χ0n) is 21.6. The number of halogens is 2. The molecule has 0 radical (unpaired) electrons. The van der Waals surface area contributed by atoms with Crippen molar-refractivity contribution in [2.45, 2.75) is 30.2 Å². The van der Waals surface area contributed by atoms with Gasteiger partial charge in [0.2, 0.25) is 16.4 Å². The molecule has 13 heteroatoms. The van der Waals surface area contributed by atoms with Crippen molar-refractivity contribution >= 4 is 49.8 Å². The standard InChI is InChI=1S/C27H28ClFN6O3S2/c1-38-21-6-2-18(3-7-21)24-25(35-16-17-39-27(35)33-24)23(30)10-13-31-26(29)32-20-11-14-34(15-12-20)40(36,37)22-8-4-19(28)5-9-22/h2-10,13,16-17,20,26,32H,11-12,14-15,30H2,1H3/b23-10-,31-13-. The van der Waals surface area contributed by atoms with Gasteiger partial charge in [0.25, 0.3) is 0 Å². The number of imidazole rings is 1. The number of methoxy groups -OCH3 is 1. The van der Waals surface area contributed by atoms with Crippen LogP contribution in [0.2, 0.25) is 5.02 Å². The summed E-state index contributed by atoms with van der Waals surface area (Å²) in [7, 11) is -2.02. The fourth-order valence-corrected chi connectivity index (χ4v) is 6.86. The summed E-state index contributed by atoms with van der Waals surface area (Å²) in [5.41, 5.74) is 9.06. The molecule has 0 bridgehead atoms. The molecule has 1 aliphatic rings. The maximum absolute atomic E-state index is 14.7. The minimum Gasteiger partial charge on any atom is -0.497 e. The van der Waals surface area contributed by atoms with Crippen LogP contribution >= 0.6 is 22.9 Å². The fraction of sp³-hybridized carbons (Fsp3) is 0.259. The van der Waals surface area contributed by atoms with Crippen molar-refractivity contribution in [1.29, 1.82) is 0 Å². The largest absolute Gasteiger partial charge is 0.497 e. The second-order valence-electron chi connectivity index (χ2n) is 9.15. The van der Waals surface area contributed by atoms with E-state index in [1.165, 1.54) is 34.0 Å². The average molecular weight is 603 g/mol. The number of sulfonamides is 1. The third kappa shape index (κ3) is 6.06. The molecule has 40 heavy (non-hydrogen) atoms. The topological polar surface area (TPSA) is 114 Å². The average Bonchev–Trinajstić information content (AvgIpc) is 3.55. The van der Waals surface area contributed by atoms with Crippen molar-refractivity contribution in [2.24, 2.45) is 10.7 Å². The van der Waals surface area contributed by atoms with Gasteiger partial charge in [-0.15, -0.1) is 11.3 Å². The molecule has 4 aromatic rings. The van der Waals surface area contributed by atoms with E-state index in [9.17, 15) is 12.8 Å². The Bertz CT molecular complexity index is 1630. The second-order valence-corrected chi connectivity index (χ2v) is 12.4. The number of aromatic nitrogens is 2. The predicted octanol–water partition coefficient (Wildman–Crippen LogP) is 4.79. The molecule has 1 aliphatic heterocycles. The van der Waals surface area contributed by atoms with Crippen molar-refractivity contribution in [3.8, 4) is 17.0 Å². The number of nitrogens with one attached hydrogen (secondary N) is 1. The zero-order valence-corrected chi connectivity index (χ0v) is 24.0. The van der Waals surface area contributed by atoms with Gasteiger partial charge in [-0.05, 0) is 67.4 Å². The highest BCUT2D eigenvalue weighted by atomic mass is 35.5. The van der Waals surface area contributed by atoms with Crippen molar-refractivity contribution < 1.29 is 17.5 Å². The third-order valence-corrected chi connectivity index (χ3v) is 9.57. The number of ether oxygens (including phenoxy) is 1. The molecule has 210 valence electrons. The van der Waals surface area contributed by atoms with Gasteiger partial charge >= 0.3 is 0 Å². The summed E-state index contributed by atoms with van der Waals surface area (Å²) >= 11 is 7.36. The highest BCUT2D eigenvalue weighted by Gasteiger charge is 2.30. The van der Waals surface area contributed by atoms with Crippen molar-refractivity contribution in [2.75, 3.05) is 20.2 Å². The fourth-order valence-electron chi connectivity index (χ4n) is 4.55. The molecule has 1 saturated heterocycles. The van der Waals surface area contributed by atoms with Crippen LogP contribution in [0.1, 0.15) is 18.5 Å². The number of allylic oxidation sites excluding steroid dienone is 1. The van der Waals surface area contributed by atoms with Crippen LogP contribution in [0, 0.1) is 0 Å². The van der Waals surface area contributed by atoms with E-state index >= 15 is 0 Å². The number of fused-ring (bicyclic) bond motifs is 1. The Morgan fingerprint density at radius 3 is 2.60 bits per heavy atom. The summed E-state index contributed by atoms with van der Waals surface area (Å²) in [4.78, 5) is 9.63. The van der Waals surface area contributed by atoms with E-state index < -0.39 is 16.4 Å². The number of aliphatic imine (C=N–C) groups is 1. The predicted molar refractivity (Wildman–Crippen MR) is 157 cm³/mol. The van der Waals surface area contributed by atoms with Crippen LogP contribution in [-0.2, 0) is 10.0 Å². The van der Waals surface area contributed by atoms with E-state index in [-0.39, 0.29) is 24.0 Å². The van der Waals surface area contributed by atoms with E-state index in [1.54, 1.807) is 25.3 Å². The lowest BCUT2D eigenvalue weighted by atomic mass is 10.1. The van der Waals surface area contributed by atoms with E-state index in [0.29, 0.717) is 34.9 Å². The molecule has 0 amide bonds. The Balaban J connectivity index is 1.21. The van der Waals surface area contributed by atoms with Gasteiger partial charge in [0.15, 0.2) is 4.96 Å². The maximum atomic E-state index is 14.7. The molecular weight excluding hydrogens is 575 g/mol. The van der Waals surface area contributed by atoms with E-state index in [1.807, 2.05) is 40.2 Å². The summed E-state index contributed by atoms with van der Waals surface area (Å²) < 4.78 is 49.0. The molecule has 5 rings (SSSR count). The number of alkyl halides is 1. The molecule has 0 aliphatic carbocycles. The number of hydrogen-bond acceptors (Lipinski definition) is 8. The summed E-state index contributed by atoms with van der Waals surface area (Å²) in [6.45, 7) is 0.551. The van der Waals surface area contributed by atoms with Gasteiger partial charge in [0, 0.05) is 47.5 Å². The highest BCUT2D eigenvalue weighted by molar-refractivity contribution is 7.89. The number of piperidine rings is 1. The number of nitrogens with zero attached hydrogens (tertiary/aromatic N) is 4. The lowest BCUT2D eigenvalue weighted by Gasteiger charge is -2.31. The molecule has 3 N–H and O–H groups in total. The Morgan fingerprint density at radius 1 is 1.23 bits per heavy atom. The quantitative estimate of drug-likeness (QED) is 0.210. The Kier molecular flexibility index (Phi) is 8.52. The number of hydrogen-bond donors (Lipinski definition) is 2. The van der Waals surface area contributed by atoms with Crippen LogP contribution in [0.15, 0.2) is 76.1 Å². The van der Waals surface area contributed by atoms with Crippen molar-refractivity contribution in [1.82, 2.24) is 19.0 Å². The first-order chi connectivity index (χ1) is 19.3. The molecule has 2 aromatic carbocycles. The van der Waals surface area contributed by atoms with E-state index in [4.69, 9.17) is 27.1 Å². The van der Waals surface area contributed by atoms with Crippen LogP contribution in [0.4, 0.5) is 4.39 Å². The highest BCUT2D eigenvalue weighted by Crippen LogP contribution is 2.31. The summed E-state index contributed by atoms with van der Waals surface area (Å²) in [6, 6.07) is 13.4. The van der Waals surface area contributed by atoms with Gasteiger partial charge in [-0.1, -0.05) is 11.6 Å². The number of thiazole rings is 1. The normalized spacial score (nSPS) is 16.6. The molecule has 1 fully saturated rings. The smallest absolute Gasteiger partial charge is 0.244 e. The van der Waals surface area contributed by atoms with Gasteiger partial charge in [0.05, 0.1) is 29.1 Å². The third-order valence-electron chi connectivity index (χ3n) is 6.65. The van der Waals surface area contributed by atoms with Crippen LogP contribution < -0.4 is 15.8 Å². The SMILES string of the molecule is COc1ccc(-c2nc3sccn3c2/C(N)=C/C=N\C(F)NC2CCN(S(=O)(=O)c3ccc(Cl)cc3)CC2)cc1. The molecule has 9 nitrogen and oxygen atoms in total. The van der Waals surface area contributed by atoms with Gasteiger partial charge in [-0.3, -0.25) is 9.72 Å². The van der Waals surface area contributed by atoms with Gasteiger partial charge in [0.1, 0.15) is 5.75 Å². The summed E-state index contributed by atoms with van der Waals surface area (Å²) in [6.07, 6.45) is 4.00. The maximum Gasteiger partial charge on any atom is 0.244 e. The Morgan fingerprint density at radius 2 is 1.93 bits per heavy atom. The number of rotatable bonds is 9. The Hall–Kier alpha value is -3.29. The zero-order chi connectivity index (χ0) is 28.3. The lowest BCUT2D eigenvalue weighted by Crippen LogP contribution is -2.46. The summed E-state index contributed by atoms with van der Waals surface area (Å²) in [5.74, 6) is 0.734. The van der Waals surface area contributed by atoms with E-state index in [2.05, 4.69) is 10.3 Å². The molecule has 1 unspecified atom stereocenters. The first kappa shape index (κ1) is 28.2. The summed E-state index contributed by atoms with van der Waals surface area (Å²) in [5, 5.41) is 5.20. The van der Waals surface area contributed by atoms with Crippen molar-refractivity contribution in [3.63, 3.8) is 0 Å². The lowest BCUT2D eigenvalue weighted by molar-refractivity contribution is 0.210. The Labute approximate surface area is 240 Å². The monoisotopic (exact) mass is 602 g/mol. The van der Waals surface area contributed by atoms with Gasteiger partial charge in [-0.25, -0.2) is 22.8 Å². The van der Waals surface area contributed by atoms with Gasteiger partial charge < -0.3 is 10.5 Å². The minimum atomic E-state index is -3.63. The number of nitrogens with two attached hydrogens (primary N) is 1. The van der Waals surface area contributed by atoms with E-state index in [0.717, 1.165) is 16.3 Å².